The van der Waals surface area contributed by atoms with Crippen LogP contribution in [0.2, 0.25) is 0 Å². The van der Waals surface area contributed by atoms with Gasteiger partial charge in [-0.3, -0.25) is 4.90 Å². The number of fused-ring (bicyclic) bond motifs is 1. The van der Waals surface area contributed by atoms with Crippen LogP contribution in [0.4, 0.5) is 0 Å². The molecule has 0 saturated carbocycles. The van der Waals surface area contributed by atoms with Gasteiger partial charge < -0.3 is 24.1 Å². The first-order valence-corrected chi connectivity index (χ1v) is 8.99. The van der Waals surface area contributed by atoms with E-state index in [2.05, 4.69) is 4.90 Å². The van der Waals surface area contributed by atoms with E-state index in [-0.39, 0.29) is 5.75 Å². The molecule has 0 bridgehead atoms. The minimum absolute atomic E-state index is 0.203. The molecule has 0 saturated heterocycles. The lowest BCUT2D eigenvalue weighted by atomic mass is 10.0. The lowest BCUT2D eigenvalue weighted by Crippen LogP contribution is -2.22. The van der Waals surface area contributed by atoms with Crippen LogP contribution in [-0.2, 0) is 19.5 Å². The van der Waals surface area contributed by atoms with Crippen molar-refractivity contribution in [1.29, 1.82) is 0 Å². The Kier molecular flexibility index (Phi) is 5.96. The van der Waals surface area contributed by atoms with Gasteiger partial charge in [-0.1, -0.05) is 0 Å². The lowest BCUT2D eigenvalue weighted by molar-refractivity contribution is 0.259. The Morgan fingerprint density at radius 3 is 2.11 bits per heavy atom. The zero-order valence-electron chi connectivity index (χ0n) is 16.4. The van der Waals surface area contributed by atoms with E-state index in [0.717, 1.165) is 38.0 Å². The zero-order chi connectivity index (χ0) is 19.4. The highest BCUT2D eigenvalue weighted by molar-refractivity contribution is 5.54. The molecular formula is C21H27NO5. The smallest absolute Gasteiger partial charge is 0.203 e. The third kappa shape index (κ3) is 4.06. The fourth-order valence-electron chi connectivity index (χ4n) is 3.63. The highest BCUT2D eigenvalue weighted by atomic mass is 16.5. The molecule has 146 valence electrons. The van der Waals surface area contributed by atoms with Gasteiger partial charge in [0.25, 0.3) is 0 Å². The molecule has 0 fully saturated rings. The number of nitrogens with zero attached hydrogens (tertiary/aromatic N) is 1. The second-order valence-electron chi connectivity index (χ2n) is 6.64. The van der Waals surface area contributed by atoms with Gasteiger partial charge in [-0.2, -0.15) is 0 Å². The number of benzene rings is 2. The van der Waals surface area contributed by atoms with Crippen molar-refractivity contribution in [2.24, 2.45) is 0 Å². The van der Waals surface area contributed by atoms with Crippen molar-refractivity contribution in [3.05, 3.63) is 41.0 Å². The summed E-state index contributed by atoms with van der Waals surface area (Å²) in [6.07, 6.45) is 1.97. The fourth-order valence-corrected chi connectivity index (χ4v) is 3.63. The summed E-state index contributed by atoms with van der Waals surface area (Å²) in [6, 6.07) is 7.75. The van der Waals surface area contributed by atoms with Crippen molar-refractivity contribution in [3.63, 3.8) is 0 Å². The van der Waals surface area contributed by atoms with E-state index < -0.39 is 0 Å². The van der Waals surface area contributed by atoms with Crippen LogP contribution >= 0.6 is 0 Å². The highest BCUT2D eigenvalue weighted by Crippen LogP contribution is 2.39. The summed E-state index contributed by atoms with van der Waals surface area (Å²) in [4.78, 5) is 2.38. The van der Waals surface area contributed by atoms with Gasteiger partial charge in [-0.05, 0) is 60.3 Å². The van der Waals surface area contributed by atoms with E-state index in [9.17, 15) is 5.11 Å². The molecule has 1 aliphatic rings. The molecule has 0 unspecified atom stereocenters. The van der Waals surface area contributed by atoms with Crippen molar-refractivity contribution < 1.29 is 24.1 Å². The van der Waals surface area contributed by atoms with Crippen LogP contribution in [0.5, 0.6) is 28.7 Å². The van der Waals surface area contributed by atoms with Crippen LogP contribution in [0.15, 0.2) is 24.3 Å². The van der Waals surface area contributed by atoms with Crippen LogP contribution in [-0.4, -0.2) is 45.0 Å². The third-order valence-electron chi connectivity index (χ3n) is 4.95. The van der Waals surface area contributed by atoms with Crippen molar-refractivity contribution in [2.75, 3.05) is 35.0 Å². The first kappa shape index (κ1) is 19.2. The van der Waals surface area contributed by atoms with Crippen LogP contribution in [0.1, 0.15) is 23.1 Å². The summed E-state index contributed by atoms with van der Waals surface area (Å²) >= 11 is 0. The summed E-state index contributed by atoms with van der Waals surface area (Å²) in [5.41, 5.74) is 3.47. The van der Waals surface area contributed by atoms with E-state index in [4.69, 9.17) is 18.9 Å². The van der Waals surface area contributed by atoms with Gasteiger partial charge >= 0.3 is 0 Å². The third-order valence-corrected chi connectivity index (χ3v) is 4.95. The molecule has 0 aliphatic carbocycles. The number of methoxy groups -OCH3 is 4. The minimum atomic E-state index is 0.203. The molecule has 0 atom stereocenters. The first-order chi connectivity index (χ1) is 13.1. The van der Waals surface area contributed by atoms with Crippen LogP contribution in [0.3, 0.4) is 0 Å². The van der Waals surface area contributed by atoms with Gasteiger partial charge in [0.1, 0.15) is 0 Å². The maximum absolute atomic E-state index is 10.0. The van der Waals surface area contributed by atoms with E-state index >= 15 is 0 Å². The van der Waals surface area contributed by atoms with Crippen LogP contribution in [0.25, 0.3) is 0 Å². The Balaban J connectivity index is 1.86. The Hall–Kier alpha value is -2.60. The highest BCUT2D eigenvalue weighted by Gasteiger charge is 2.19. The largest absolute Gasteiger partial charge is 0.504 e. The van der Waals surface area contributed by atoms with Crippen molar-refractivity contribution >= 4 is 0 Å². The van der Waals surface area contributed by atoms with E-state index in [0.29, 0.717) is 23.0 Å². The monoisotopic (exact) mass is 373 g/mol. The number of phenols is 1. The second kappa shape index (κ2) is 8.39. The van der Waals surface area contributed by atoms with Crippen LogP contribution < -0.4 is 18.9 Å². The van der Waals surface area contributed by atoms with Gasteiger partial charge in [-0.25, -0.2) is 0 Å². The molecule has 6 heteroatoms. The molecule has 2 aromatic carbocycles. The molecule has 1 N–H and O–H groups in total. The number of aryl methyl sites for hydroxylation is 1. The molecule has 0 aromatic heterocycles. The Bertz CT molecular complexity index is 780. The molecule has 0 spiro atoms. The fraction of sp³-hybridized carbons (Fsp3) is 0.429. The topological polar surface area (TPSA) is 60.4 Å². The minimum Gasteiger partial charge on any atom is -0.504 e. The van der Waals surface area contributed by atoms with Gasteiger partial charge in [0.15, 0.2) is 23.0 Å². The molecular weight excluding hydrogens is 346 g/mol. The van der Waals surface area contributed by atoms with E-state index in [1.807, 2.05) is 24.3 Å². The average Bonchev–Trinajstić information content (AvgIpc) is 2.87. The van der Waals surface area contributed by atoms with E-state index in [1.165, 1.54) is 11.1 Å². The van der Waals surface area contributed by atoms with Crippen molar-refractivity contribution in [2.45, 2.75) is 25.9 Å². The quantitative estimate of drug-likeness (QED) is 0.838. The maximum atomic E-state index is 10.0. The molecule has 0 amide bonds. The van der Waals surface area contributed by atoms with Gasteiger partial charge in [-0.15, -0.1) is 0 Å². The van der Waals surface area contributed by atoms with Gasteiger partial charge in [0, 0.05) is 13.1 Å². The normalized spacial score (nSPS) is 14.2. The Morgan fingerprint density at radius 1 is 0.852 bits per heavy atom. The number of hydrogen-bond donors (Lipinski definition) is 1. The summed E-state index contributed by atoms with van der Waals surface area (Å²) in [6.45, 7) is 2.52. The predicted octanol–water partition coefficient (Wildman–Crippen LogP) is 3.38. The summed E-state index contributed by atoms with van der Waals surface area (Å²) < 4.78 is 21.6. The molecule has 27 heavy (non-hydrogen) atoms. The number of rotatable bonds is 6. The second-order valence-corrected chi connectivity index (χ2v) is 6.64. The summed E-state index contributed by atoms with van der Waals surface area (Å²) in [7, 11) is 6.43. The SMILES string of the molecule is COc1cc2c(cc1O)CCCN(Cc1cc(OC)c(OC)c(OC)c1)C2. The number of hydrogen-bond acceptors (Lipinski definition) is 6. The zero-order valence-corrected chi connectivity index (χ0v) is 16.4. The van der Waals surface area contributed by atoms with E-state index in [1.54, 1.807) is 28.4 Å². The summed E-state index contributed by atoms with van der Waals surface area (Å²) in [5.74, 6) is 2.64. The molecule has 3 rings (SSSR count). The van der Waals surface area contributed by atoms with Gasteiger partial charge in [0.2, 0.25) is 5.75 Å². The lowest BCUT2D eigenvalue weighted by Gasteiger charge is -2.22. The molecule has 1 aliphatic heterocycles. The average molecular weight is 373 g/mol. The molecule has 2 aromatic rings. The Labute approximate surface area is 160 Å². The van der Waals surface area contributed by atoms with Gasteiger partial charge in [0.05, 0.1) is 28.4 Å². The summed E-state index contributed by atoms with van der Waals surface area (Å²) in [5, 5.41) is 10.0. The number of phenolic OH excluding ortho intramolecular Hbond substituents is 1. The molecule has 0 radical (unpaired) electrons. The standard InChI is InChI=1S/C21H27NO5/c1-24-18-11-16-13-22(7-5-6-15(16)10-17(18)23)12-14-8-19(25-2)21(27-4)20(9-14)26-3/h8-11,23H,5-7,12-13H2,1-4H3. The maximum Gasteiger partial charge on any atom is 0.203 e. The Morgan fingerprint density at radius 2 is 1.52 bits per heavy atom. The first-order valence-electron chi connectivity index (χ1n) is 8.99. The molecule has 6 nitrogen and oxygen atoms in total. The van der Waals surface area contributed by atoms with Crippen LogP contribution in [0, 0.1) is 0 Å². The predicted molar refractivity (Wildman–Crippen MR) is 103 cm³/mol. The van der Waals surface area contributed by atoms with Crippen molar-refractivity contribution in [1.82, 2.24) is 4.90 Å². The molecule has 1 heterocycles. The van der Waals surface area contributed by atoms with Crippen molar-refractivity contribution in [3.8, 4) is 28.7 Å². The number of aromatic hydroxyl groups is 1. The number of ether oxygens (including phenoxy) is 4.